The summed E-state index contributed by atoms with van der Waals surface area (Å²) in [5.41, 5.74) is 0.810. The van der Waals surface area contributed by atoms with E-state index < -0.39 is 11.6 Å². The highest BCUT2D eigenvalue weighted by Gasteiger charge is 2.28. The van der Waals surface area contributed by atoms with Gasteiger partial charge in [-0.3, -0.25) is 4.79 Å². The zero-order valence-corrected chi connectivity index (χ0v) is 11.1. The lowest BCUT2D eigenvalue weighted by atomic mass is 9.93. The molecule has 0 bridgehead atoms. The normalized spacial score (nSPS) is 21.2. The van der Waals surface area contributed by atoms with E-state index in [0.29, 0.717) is 25.2 Å². The van der Waals surface area contributed by atoms with E-state index in [4.69, 9.17) is 5.21 Å². The third kappa shape index (κ3) is 2.79. The largest absolute Gasteiger partial charge is 0.411 e. The standard InChI is InChI=1S/C14H16F2N2O2/c1-2-9-8-18(6-5-13(9)17-20)14(19)10-3-4-11(15)12(16)7-10/h3-4,7,9,20H,2,5-6,8H2,1H3/b17-13+. The molecule has 1 aromatic rings. The molecule has 20 heavy (non-hydrogen) atoms. The van der Waals surface area contributed by atoms with Crippen LogP contribution in [0, 0.1) is 17.6 Å². The number of amides is 1. The van der Waals surface area contributed by atoms with Gasteiger partial charge in [0.25, 0.3) is 5.91 Å². The minimum absolute atomic E-state index is 0.00277. The smallest absolute Gasteiger partial charge is 0.253 e. The van der Waals surface area contributed by atoms with E-state index >= 15 is 0 Å². The molecule has 1 unspecified atom stereocenters. The summed E-state index contributed by atoms with van der Waals surface area (Å²) in [5, 5.41) is 12.2. The molecular weight excluding hydrogens is 266 g/mol. The molecule has 0 saturated carbocycles. The minimum Gasteiger partial charge on any atom is -0.411 e. The van der Waals surface area contributed by atoms with Crippen molar-refractivity contribution < 1.29 is 18.8 Å². The van der Waals surface area contributed by atoms with Crippen molar-refractivity contribution in [3.8, 4) is 0 Å². The topological polar surface area (TPSA) is 52.9 Å². The first-order valence-corrected chi connectivity index (χ1v) is 6.52. The summed E-state index contributed by atoms with van der Waals surface area (Å²) in [6, 6.07) is 3.13. The molecule has 1 aromatic carbocycles. The second-order valence-corrected chi connectivity index (χ2v) is 4.83. The van der Waals surface area contributed by atoms with Gasteiger partial charge in [-0.15, -0.1) is 0 Å². The number of carbonyl (C=O) groups excluding carboxylic acids is 1. The molecule has 0 aliphatic carbocycles. The average molecular weight is 282 g/mol. The maximum atomic E-state index is 13.2. The molecule has 1 heterocycles. The molecule has 1 amide bonds. The number of likely N-dealkylation sites (tertiary alicyclic amines) is 1. The highest BCUT2D eigenvalue weighted by atomic mass is 19.2. The van der Waals surface area contributed by atoms with Crippen LogP contribution in [0.4, 0.5) is 8.78 Å². The predicted molar refractivity (Wildman–Crippen MR) is 69.9 cm³/mol. The third-order valence-corrected chi connectivity index (χ3v) is 3.62. The number of hydrogen-bond acceptors (Lipinski definition) is 3. The summed E-state index contributed by atoms with van der Waals surface area (Å²) in [6.45, 7) is 2.78. The summed E-state index contributed by atoms with van der Waals surface area (Å²) in [4.78, 5) is 13.8. The van der Waals surface area contributed by atoms with Crippen LogP contribution in [0.2, 0.25) is 0 Å². The summed E-state index contributed by atoms with van der Waals surface area (Å²) >= 11 is 0. The molecule has 1 fully saturated rings. The van der Waals surface area contributed by atoms with Gasteiger partial charge in [-0.1, -0.05) is 12.1 Å². The van der Waals surface area contributed by atoms with Crippen LogP contribution in [0.5, 0.6) is 0 Å². The number of oxime groups is 1. The van der Waals surface area contributed by atoms with Gasteiger partial charge in [-0.25, -0.2) is 8.78 Å². The van der Waals surface area contributed by atoms with Crippen LogP contribution in [0.3, 0.4) is 0 Å². The zero-order chi connectivity index (χ0) is 14.7. The van der Waals surface area contributed by atoms with Crippen LogP contribution in [-0.4, -0.2) is 34.8 Å². The van der Waals surface area contributed by atoms with Gasteiger partial charge < -0.3 is 10.1 Å². The molecule has 0 spiro atoms. The number of carbonyl (C=O) groups is 1. The quantitative estimate of drug-likeness (QED) is 0.669. The van der Waals surface area contributed by atoms with Crippen LogP contribution in [0.1, 0.15) is 30.1 Å². The lowest BCUT2D eigenvalue weighted by molar-refractivity contribution is 0.0728. The second kappa shape index (κ2) is 5.98. The molecule has 6 heteroatoms. The van der Waals surface area contributed by atoms with Crippen LogP contribution in [-0.2, 0) is 0 Å². The monoisotopic (exact) mass is 282 g/mol. The number of rotatable bonds is 2. The molecule has 1 atom stereocenters. The minimum atomic E-state index is -1.03. The Balaban J connectivity index is 2.15. The van der Waals surface area contributed by atoms with Gasteiger partial charge in [0.1, 0.15) is 0 Å². The fraction of sp³-hybridized carbons (Fsp3) is 0.429. The number of hydrogen-bond donors (Lipinski definition) is 1. The van der Waals surface area contributed by atoms with Crippen molar-refractivity contribution in [2.75, 3.05) is 13.1 Å². The van der Waals surface area contributed by atoms with Gasteiger partial charge in [0.15, 0.2) is 11.6 Å². The summed E-state index contributed by atoms with van der Waals surface area (Å²) in [6.07, 6.45) is 1.24. The Hall–Kier alpha value is -1.98. The highest BCUT2D eigenvalue weighted by Crippen LogP contribution is 2.20. The molecule has 0 aromatic heterocycles. The van der Waals surface area contributed by atoms with Crippen LogP contribution in [0.15, 0.2) is 23.4 Å². The Kier molecular flexibility index (Phi) is 4.32. The molecule has 1 saturated heterocycles. The molecule has 1 aliphatic heterocycles. The predicted octanol–water partition coefficient (Wildman–Crippen LogP) is 2.67. The van der Waals surface area contributed by atoms with Gasteiger partial charge in [0, 0.05) is 31.0 Å². The van der Waals surface area contributed by atoms with E-state index in [0.717, 1.165) is 18.6 Å². The van der Waals surface area contributed by atoms with E-state index in [9.17, 15) is 13.6 Å². The van der Waals surface area contributed by atoms with Crippen LogP contribution in [0.25, 0.3) is 0 Å². The average Bonchev–Trinajstić information content (AvgIpc) is 2.48. The van der Waals surface area contributed by atoms with E-state index in [2.05, 4.69) is 5.16 Å². The lowest BCUT2D eigenvalue weighted by Gasteiger charge is -2.32. The van der Waals surface area contributed by atoms with Crippen molar-refractivity contribution in [2.45, 2.75) is 19.8 Å². The van der Waals surface area contributed by atoms with Crippen molar-refractivity contribution in [3.05, 3.63) is 35.4 Å². The Morgan fingerprint density at radius 1 is 1.45 bits per heavy atom. The molecule has 0 radical (unpaired) electrons. The van der Waals surface area contributed by atoms with Gasteiger partial charge in [0.2, 0.25) is 0 Å². The van der Waals surface area contributed by atoms with Gasteiger partial charge >= 0.3 is 0 Å². The van der Waals surface area contributed by atoms with Gasteiger partial charge in [0.05, 0.1) is 5.71 Å². The third-order valence-electron chi connectivity index (χ3n) is 3.62. The number of nitrogens with zero attached hydrogens (tertiary/aromatic N) is 2. The van der Waals surface area contributed by atoms with E-state index in [1.165, 1.54) is 6.07 Å². The lowest BCUT2D eigenvalue weighted by Crippen LogP contribution is -2.44. The first kappa shape index (κ1) is 14.4. The van der Waals surface area contributed by atoms with Crippen molar-refractivity contribution in [2.24, 2.45) is 11.1 Å². The summed E-state index contributed by atoms with van der Waals surface area (Å²) in [7, 11) is 0. The molecule has 2 rings (SSSR count). The molecule has 4 nitrogen and oxygen atoms in total. The SMILES string of the molecule is CCC1CN(C(=O)c2ccc(F)c(F)c2)CC/C1=N\O. The molecule has 1 aliphatic rings. The number of benzene rings is 1. The molecule has 1 N–H and O–H groups in total. The van der Waals surface area contributed by atoms with Gasteiger partial charge in [-0.05, 0) is 24.6 Å². The highest BCUT2D eigenvalue weighted by molar-refractivity contribution is 5.96. The number of halogens is 2. The Morgan fingerprint density at radius 2 is 2.20 bits per heavy atom. The second-order valence-electron chi connectivity index (χ2n) is 4.83. The fourth-order valence-electron chi connectivity index (χ4n) is 2.41. The van der Waals surface area contributed by atoms with Crippen molar-refractivity contribution in [1.29, 1.82) is 0 Å². The first-order chi connectivity index (χ1) is 9.56. The Labute approximate surface area is 115 Å². The Bertz CT molecular complexity index is 546. The van der Waals surface area contributed by atoms with Crippen molar-refractivity contribution >= 4 is 11.6 Å². The van der Waals surface area contributed by atoms with Crippen LogP contribution >= 0.6 is 0 Å². The van der Waals surface area contributed by atoms with Crippen LogP contribution < -0.4 is 0 Å². The fourth-order valence-corrected chi connectivity index (χ4v) is 2.41. The molecule has 108 valence electrons. The maximum Gasteiger partial charge on any atom is 0.253 e. The summed E-state index contributed by atoms with van der Waals surface area (Å²) in [5.74, 6) is -2.33. The maximum absolute atomic E-state index is 13.2. The van der Waals surface area contributed by atoms with E-state index in [1.54, 1.807) is 4.90 Å². The number of piperidine rings is 1. The Morgan fingerprint density at radius 3 is 2.80 bits per heavy atom. The van der Waals surface area contributed by atoms with Crippen molar-refractivity contribution in [3.63, 3.8) is 0 Å². The summed E-state index contributed by atoms with van der Waals surface area (Å²) < 4.78 is 26.0. The molecular formula is C14H16F2N2O2. The van der Waals surface area contributed by atoms with E-state index in [-0.39, 0.29) is 17.4 Å². The van der Waals surface area contributed by atoms with E-state index in [1.807, 2.05) is 6.92 Å². The zero-order valence-electron chi connectivity index (χ0n) is 11.1. The first-order valence-electron chi connectivity index (χ1n) is 6.52. The van der Waals surface area contributed by atoms with Gasteiger partial charge in [-0.2, -0.15) is 0 Å². The van der Waals surface area contributed by atoms with Crippen molar-refractivity contribution in [1.82, 2.24) is 4.90 Å².